The molecule has 1 saturated carbocycles. The molecule has 0 aliphatic heterocycles. The lowest BCUT2D eigenvalue weighted by atomic mass is 9.88. The molecule has 4 nitrogen and oxygen atoms in total. The normalized spacial score (nSPS) is 24.3. The van der Waals surface area contributed by atoms with E-state index in [1.165, 1.54) is 0 Å². The van der Waals surface area contributed by atoms with Crippen molar-refractivity contribution in [3.8, 4) is 18.4 Å². The summed E-state index contributed by atoms with van der Waals surface area (Å²) in [5.41, 5.74) is -0.149. The lowest BCUT2D eigenvalue weighted by Gasteiger charge is -2.15. The van der Waals surface area contributed by atoms with E-state index in [1.807, 2.05) is 19.9 Å². The van der Waals surface area contributed by atoms with Crippen molar-refractivity contribution in [2.24, 2.45) is 16.7 Å². The molecule has 1 heterocycles. The highest BCUT2D eigenvalue weighted by molar-refractivity contribution is 9.28. The Morgan fingerprint density at radius 1 is 1.52 bits per heavy atom. The third-order valence-corrected chi connectivity index (χ3v) is 5.40. The molecule has 1 N–H and O–H groups in total. The van der Waals surface area contributed by atoms with Crippen LogP contribution in [0.3, 0.4) is 0 Å². The lowest BCUT2D eigenvalue weighted by Crippen LogP contribution is -2.24. The van der Waals surface area contributed by atoms with E-state index in [-0.39, 0.29) is 5.92 Å². The number of aromatic nitrogens is 1. The number of allylic oxidation sites excluding steroid dienone is 1. The summed E-state index contributed by atoms with van der Waals surface area (Å²) in [7, 11) is 0. The van der Waals surface area contributed by atoms with E-state index in [0.717, 1.165) is 8.96 Å². The summed E-state index contributed by atoms with van der Waals surface area (Å²) in [5, 5.41) is 19.2. The molecule has 2 atom stereocenters. The van der Waals surface area contributed by atoms with Crippen LogP contribution in [-0.2, 0) is 17.8 Å². The number of terminal acetylenes is 1. The van der Waals surface area contributed by atoms with Gasteiger partial charge < -0.3 is 9.67 Å². The quantitative estimate of drug-likeness (QED) is 0.707. The van der Waals surface area contributed by atoms with Crippen LogP contribution in [0.5, 0.6) is 0 Å². The van der Waals surface area contributed by atoms with Crippen molar-refractivity contribution in [2.75, 3.05) is 0 Å². The number of hydrogen-bond donors (Lipinski definition) is 1. The summed E-state index contributed by atoms with van der Waals surface area (Å²) < 4.78 is 2.47. The number of nitriles is 1. The molecule has 1 fully saturated rings. The summed E-state index contributed by atoms with van der Waals surface area (Å²) in [6.45, 7) is 4.24. The molecule has 0 amide bonds. The fraction of sp³-hybridized carbons (Fsp3) is 0.412. The Morgan fingerprint density at radius 2 is 2.17 bits per heavy atom. The van der Waals surface area contributed by atoms with Crippen LogP contribution in [0.1, 0.15) is 25.0 Å². The van der Waals surface area contributed by atoms with E-state index in [1.54, 1.807) is 17.0 Å². The first-order valence-electron chi connectivity index (χ1n) is 6.99. The third-order valence-electron chi connectivity index (χ3n) is 4.88. The largest absolute Gasteiger partial charge is 0.481 e. The topological polar surface area (TPSA) is 66.0 Å². The van der Waals surface area contributed by atoms with Crippen LogP contribution in [-0.4, -0.2) is 15.6 Å². The molecule has 120 valence electrons. The maximum Gasteiger partial charge on any atom is 0.311 e. The standard InChI is InChI=1S/C17H16Br2N2O2/c1-4-5-21-9-11(12(8-20)10-21)7-17(15(22)23)13(6-14(18)19)16(17,2)3/h1,6,9-10,13H,5,7H2,2-3H3,(H,22,23)/t13-,17+/m1/s1. The fourth-order valence-electron chi connectivity index (χ4n) is 3.49. The van der Waals surface area contributed by atoms with Gasteiger partial charge in [0, 0.05) is 18.3 Å². The summed E-state index contributed by atoms with van der Waals surface area (Å²) in [6, 6.07) is 2.13. The van der Waals surface area contributed by atoms with E-state index < -0.39 is 16.8 Å². The average Bonchev–Trinajstić information content (AvgIpc) is 2.77. The van der Waals surface area contributed by atoms with E-state index in [0.29, 0.717) is 18.5 Å². The van der Waals surface area contributed by atoms with E-state index >= 15 is 0 Å². The Balaban J connectivity index is 2.44. The van der Waals surface area contributed by atoms with Crippen molar-refractivity contribution in [2.45, 2.75) is 26.8 Å². The van der Waals surface area contributed by atoms with Crippen LogP contribution in [0.2, 0.25) is 0 Å². The number of nitrogens with zero attached hydrogens (tertiary/aromatic N) is 2. The van der Waals surface area contributed by atoms with Crippen LogP contribution in [0, 0.1) is 40.4 Å². The van der Waals surface area contributed by atoms with Gasteiger partial charge in [-0.25, -0.2) is 0 Å². The zero-order chi connectivity index (χ0) is 17.4. The number of carboxylic acids is 1. The van der Waals surface area contributed by atoms with Gasteiger partial charge in [-0.1, -0.05) is 25.8 Å². The average molecular weight is 440 g/mol. The summed E-state index contributed by atoms with van der Waals surface area (Å²) in [5.74, 6) is 1.53. The molecule has 0 spiro atoms. The van der Waals surface area contributed by atoms with Crippen LogP contribution in [0.4, 0.5) is 0 Å². The predicted octanol–water partition coefficient (Wildman–Crippen LogP) is 3.89. The second-order valence-corrected chi connectivity index (χ2v) is 9.07. The van der Waals surface area contributed by atoms with Gasteiger partial charge in [0.2, 0.25) is 0 Å². The maximum absolute atomic E-state index is 12.0. The molecule has 0 aromatic carbocycles. The monoisotopic (exact) mass is 438 g/mol. The molecular weight excluding hydrogens is 424 g/mol. The molecule has 0 radical (unpaired) electrons. The van der Waals surface area contributed by atoms with Crippen molar-refractivity contribution in [1.82, 2.24) is 4.57 Å². The molecule has 6 heteroatoms. The Bertz CT molecular complexity index is 761. The van der Waals surface area contributed by atoms with Crippen LogP contribution in [0.25, 0.3) is 0 Å². The highest BCUT2D eigenvalue weighted by Gasteiger charge is 2.74. The molecule has 1 aliphatic carbocycles. The van der Waals surface area contributed by atoms with Gasteiger partial charge >= 0.3 is 5.97 Å². The van der Waals surface area contributed by atoms with E-state index in [4.69, 9.17) is 6.42 Å². The van der Waals surface area contributed by atoms with Gasteiger partial charge in [0.05, 0.1) is 20.9 Å². The zero-order valence-corrected chi connectivity index (χ0v) is 16.0. The molecular formula is C17H16Br2N2O2. The van der Waals surface area contributed by atoms with Gasteiger partial charge in [0.25, 0.3) is 0 Å². The Labute approximate surface area is 152 Å². The first-order valence-corrected chi connectivity index (χ1v) is 8.57. The fourth-order valence-corrected chi connectivity index (χ4v) is 4.02. The molecule has 0 saturated heterocycles. The summed E-state index contributed by atoms with van der Waals surface area (Å²) >= 11 is 6.62. The number of halogens is 2. The van der Waals surface area contributed by atoms with Crippen molar-refractivity contribution in [1.29, 1.82) is 5.26 Å². The van der Waals surface area contributed by atoms with Gasteiger partial charge in [-0.3, -0.25) is 4.79 Å². The van der Waals surface area contributed by atoms with Crippen molar-refractivity contribution in [3.63, 3.8) is 0 Å². The number of carboxylic acid groups (broad SMARTS) is 1. The first kappa shape index (κ1) is 17.8. The molecule has 2 rings (SSSR count). The van der Waals surface area contributed by atoms with E-state index in [9.17, 15) is 15.2 Å². The maximum atomic E-state index is 12.0. The molecule has 0 bridgehead atoms. The van der Waals surface area contributed by atoms with Gasteiger partial charge in [0.1, 0.15) is 6.07 Å². The van der Waals surface area contributed by atoms with Gasteiger partial charge in [-0.15, -0.1) is 6.42 Å². The highest BCUT2D eigenvalue weighted by Crippen LogP contribution is 2.71. The third kappa shape index (κ3) is 2.86. The zero-order valence-electron chi connectivity index (χ0n) is 12.8. The molecule has 1 aromatic rings. The van der Waals surface area contributed by atoms with Crippen molar-refractivity contribution >= 4 is 37.8 Å². The minimum Gasteiger partial charge on any atom is -0.481 e. The minimum atomic E-state index is -0.937. The number of carbonyl (C=O) groups is 1. The van der Waals surface area contributed by atoms with Crippen molar-refractivity contribution in [3.05, 3.63) is 33.0 Å². The second kappa shape index (κ2) is 6.19. The van der Waals surface area contributed by atoms with Crippen LogP contribution in [0.15, 0.2) is 21.9 Å². The molecule has 1 aromatic heterocycles. The van der Waals surface area contributed by atoms with Gasteiger partial charge in [0.15, 0.2) is 0 Å². The van der Waals surface area contributed by atoms with E-state index in [2.05, 4.69) is 43.8 Å². The minimum absolute atomic E-state index is 0.135. The summed E-state index contributed by atoms with van der Waals surface area (Å²) in [6.07, 6.45) is 10.9. The number of hydrogen-bond acceptors (Lipinski definition) is 2. The predicted molar refractivity (Wildman–Crippen MR) is 95.0 cm³/mol. The van der Waals surface area contributed by atoms with Gasteiger partial charge in [-0.05, 0) is 49.3 Å². The lowest BCUT2D eigenvalue weighted by molar-refractivity contribution is -0.145. The van der Waals surface area contributed by atoms with Crippen molar-refractivity contribution < 1.29 is 9.90 Å². The number of rotatable bonds is 5. The number of aliphatic carboxylic acids is 1. The smallest absolute Gasteiger partial charge is 0.311 e. The highest BCUT2D eigenvalue weighted by atomic mass is 79.9. The Hall–Kier alpha value is -1.50. The summed E-state index contributed by atoms with van der Waals surface area (Å²) in [4.78, 5) is 12.0. The molecule has 0 unspecified atom stereocenters. The molecule has 23 heavy (non-hydrogen) atoms. The second-order valence-electron chi connectivity index (χ2n) is 6.29. The van der Waals surface area contributed by atoms with Crippen LogP contribution < -0.4 is 0 Å². The van der Waals surface area contributed by atoms with Crippen LogP contribution >= 0.6 is 31.9 Å². The molecule has 1 aliphatic rings. The Morgan fingerprint density at radius 3 is 2.65 bits per heavy atom. The first-order chi connectivity index (χ1) is 10.7. The SMILES string of the molecule is C#CCn1cc(C#N)c(C[C@@]2(C(=O)O)[C@H](C=C(Br)Br)C2(C)C)c1. The Kier molecular flexibility index (Phi) is 4.80. The van der Waals surface area contributed by atoms with Gasteiger partial charge in [-0.2, -0.15) is 5.26 Å².